The Balaban J connectivity index is 1.61. The molecule has 166 valence electrons. The van der Waals surface area contributed by atoms with Gasteiger partial charge in [0.05, 0.1) is 22.1 Å². The van der Waals surface area contributed by atoms with Crippen LogP contribution in [0.4, 0.5) is 0 Å². The number of fused-ring (bicyclic) bond motifs is 8. The molecule has 0 unspecified atom stereocenters. The molecule has 0 aliphatic carbocycles. The first-order valence-corrected chi connectivity index (χ1v) is 13.3. The molecule has 0 aliphatic heterocycles. The lowest BCUT2D eigenvalue weighted by Crippen LogP contribution is -2.24. The molecule has 4 nitrogen and oxygen atoms in total. The van der Waals surface area contributed by atoms with Crippen LogP contribution in [0.2, 0.25) is 0 Å². The fraction of sp³-hybridized carbons (Fsp3) is 0. The van der Waals surface area contributed by atoms with E-state index in [0.29, 0.717) is 0 Å². The maximum Gasteiger partial charge on any atom is 0.171 e. The van der Waals surface area contributed by atoms with Crippen molar-refractivity contribution in [1.29, 1.82) is 0 Å². The monoisotopic (exact) mass is 469 g/mol. The fourth-order valence-corrected chi connectivity index (χ4v) is 7.74. The summed E-state index contributed by atoms with van der Waals surface area (Å²) in [5, 5.41) is 4.49. The van der Waals surface area contributed by atoms with Crippen molar-refractivity contribution in [2.24, 2.45) is 0 Å². The Morgan fingerprint density at radius 3 is 2.00 bits per heavy atom. The summed E-state index contributed by atoms with van der Waals surface area (Å²) in [5.41, 5.74) is 4.62. The van der Waals surface area contributed by atoms with E-state index in [9.17, 15) is 4.57 Å². The Bertz CT molecular complexity index is 1880. The third-order valence-corrected chi connectivity index (χ3v) is 9.75. The van der Waals surface area contributed by atoms with E-state index < -0.39 is 7.14 Å². The first kappa shape index (κ1) is 20.1. The highest BCUT2D eigenvalue weighted by atomic mass is 31.2. The average Bonchev–Trinajstić information content (AvgIpc) is 3.33. The third-order valence-electron chi connectivity index (χ3n) is 6.69. The summed E-state index contributed by atoms with van der Waals surface area (Å²) in [6, 6.07) is 37.8. The Labute approximate surface area is 201 Å². The normalized spacial score (nSPS) is 12.1. The maximum absolute atomic E-state index is 15.0. The molecule has 0 atom stereocenters. The molecule has 0 saturated carbocycles. The molecule has 0 radical (unpaired) electrons. The Morgan fingerprint density at radius 1 is 0.600 bits per heavy atom. The van der Waals surface area contributed by atoms with Gasteiger partial charge in [0.15, 0.2) is 7.14 Å². The standard InChI is InChI=1S/C30H20N3OP/c34-35(21-10-3-1-4-11-21,22-12-5-2-6-13-22)23-17-18-26-28(20-23)33-27-16-8-7-14-24(27)29-25(30(33)32-26)15-9-19-31-29/h1-20H. The van der Waals surface area contributed by atoms with E-state index in [2.05, 4.69) is 33.7 Å². The summed E-state index contributed by atoms with van der Waals surface area (Å²) in [5.74, 6) is 0. The lowest BCUT2D eigenvalue weighted by molar-refractivity contribution is 0.592. The maximum atomic E-state index is 15.0. The van der Waals surface area contributed by atoms with Crippen LogP contribution in [-0.4, -0.2) is 14.4 Å². The third kappa shape index (κ3) is 2.90. The average molecular weight is 469 g/mol. The van der Waals surface area contributed by atoms with Crippen LogP contribution in [0, 0.1) is 0 Å². The number of para-hydroxylation sites is 1. The van der Waals surface area contributed by atoms with Crippen LogP contribution in [0.5, 0.6) is 0 Å². The van der Waals surface area contributed by atoms with Crippen molar-refractivity contribution >= 4 is 61.5 Å². The van der Waals surface area contributed by atoms with Gasteiger partial charge in [-0.2, -0.15) is 0 Å². The van der Waals surface area contributed by atoms with Crippen LogP contribution in [0.25, 0.3) is 38.5 Å². The van der Waals surface area contributed by atoms with Crippen LogP contribution >= 0.6 is 7.14 Å². The van der Waals surface area contributed by atoms with Gasteiger partial charge in [0.1, 0.15) is 5.65 Å². The molecule has 0 aliphatic rings. The molecule has 0 N–H and O–H groups in total. The van der Waals surface area contributed by atoms with E-state index >= 15 is 0 Å². The van der Waals surface area contributed by atoms with E-state index in [1.165, 1.54) is 0 Å². The largest absolute Gasteiger partial charge is 0.309 e. The molecule has 5 heteroatoms. The molecule has 7 aromatic rings. The number of nitrogens with zero attached hydrogens (tertiary/aromatic N) is 3. The molecule has 4 aromatic carbocycles. The number of imidazole rings is 1. The minimum absolute atomic E-state index is 0.791. The van der Waals surface area contributed by atoms with Gasteiger partial charge in [-0.15, -0.1) is 0 Å². The highest BCUT2D eigenvalue weighted by molar-refractivity contribution is 7.85. The van der Waals surface area contributed by atoms with Crippen LogP contribution < -0.4 is 15.9 Å². The lowest BCUT2D eigenvalue weighted by Gasteiger charge is -2.20. The zero-order chi connectivity index (χ0) is 23.4. The van der Waals surface area contributed by atoms with Gasteiger partial charge in [0, 0.05) is 32.9 Å². The molecule has 0 bridgehead atoms. The first-order valence-electron chi connectivity index (χ1n) is 11.5. The molecule has 0 amide bonds. The molecule has 3 heterocycles. The predicted octanol–water partition coefficient (Wildman–Crippen LogP) is 5.83. The summed E-state index contributed by atoms with van der Waals surface area (Å²) in [6.45, 7) is 0. The molecule has 0 spiro atoms. The van der Waals surface area contributed by atoms with Gasteiger partial charge in [-0.25, -0.2) is 4.98 Å². The van der Waals surface area contributed by atoms with Crippen molar-refractivity contribution in [3.63, 3.8) is 0 Å². The van der Waals surface area contributed by atoms with Gasteiger partial charge in [-0.3, -0.25) is 9.38 Å². The summed E-state index contributed by atoms with van der Waals surface area (Å²) in [7, 11) is -3.10. The van der Waals surface area contributed by atoms with Crippen LogP contribution in [-0.2, 0) is 4.57 Å². The Kier molecular flexibility index (Phi) is 4.39. The van der Waals surface area contributed by atoms with Crippen molar-refractivity contribution in [2.75, 3.05) is 0 Å². The molecular formula is C30H20N3OP. The number of hydrogen-bond acceptors (Lipinski definition) is 3. The van der Waals surface area contributed by atoms with Gasteiger partial charge in [0.25, 0.3) is 0 Å². The zero-order valence-electron chi connectivity index (χ0n) is 18.7. The van der Waals surface area contributed by atoms with Crippen LogP contribution in [0.15, 0.2) is 121 Å². The number of hydrogen-bond donors (Lipinski definition) is 0. The summed E-state index contributed by atoms with van der Waals surface area (Å²) >= 11 is 0. The molecule has 3 aromatic heterocycles. The van der Waals surface area contributed by atoms with Crippen molar-refractivity contribution < 1.29 is 4.57 Å². The second-order valence-electron chi connectivity index (χ2n) is 8.64. The smallest absolute Gasteiger partial charge is 0.171 e. The predicted molar refractivity (Wildman–Crippen MR) is 145 cm³/mol. The van der Waals surface area contributed by atoms with E-state index in [1.807, 2.05) is 97.2 Å². The van der Waals surface area contributed by atoms with Crippen molar-refractivity contribution in [1.82, 2.24) is 14.4 Å². The Morgan fingerprint density at radius 2 is 1.26 bits per heavy atom. The molecule has 0 fully saturated rings. The highest BCUT2D eigenvalue weighted by Crippen LogP contribution is 2.43. The van der Waals surface area contributed by atoms with Gasteiger partial charge in [-0.05, 0) is 36.4 Å². The topological polar surface area (TPSA) is 47.3 Å². The van der Waals surface area contributed by atoms with Gasteiger partial charge < -0.3 is 4.57 Å². The van der Waals surface area contributed by atoms with Crippen molar-refractivity contribution in [3.8, 4) is 0 Å². The SMILES string of the molecule is O=P(c1ccccc1)(c1ccccc1)c1ccc2nc3c4cccnc4c4ccccc4n3c2c1. The van der Waals surface area contributed by atoms with Crippen LogP contribution in [0.1, 0.15) is 0 Å². The van der Waals surface area contributed by atoms with E-state index in [-0.39, 0.29) is 0 Å². The second kappa shape index (κ2) is 7.63. The van der Waals surface area contributed by atoms with E-state index in [1.54, 1.807) is 0 Å². The number of rotatable bonds is 3. The van der Waals surface area contributed by atoms with E-state index in [0.717, 1.165) is 54.4 Å². The summed E-state index contributed by atoms with van der Waals surface area (Å²) in [6.07, 6.45) is 1.82. The summed E-state index contributed by atoms with van der Waals surface area (Å²) < 4.78 is 17.1. The van der Waals surface area contributed by atoms with Gasteiger partial charge >= 0.3 is 0 Å². The highest BCUT2D eigenvalue weighted by Gasteiger charge is 2.30. The van der Waals surface area contributed by atoms with Crippen molar-refractivity contribution in [2.45, 2.75) is 0 Å². The quantitative estimate of drug-likeness (QED) is 0.242. The molecular weight excluding hydrogens is 449 g/mol. The molecule has 35 heavy (non-hydrogen) atoms. The minimum atomic E-state index is -3.10. The van der Waals surface area contributed by atoms with E-state index in [4.69, 9.17) is 4.98 Å². The molecule has 7 rings (SSSR count). The Hall–Kier alpha value is -4.27. The van der Waals surface area contributed by atoms with Gasteiger partial charge in [0.2, 0.25) is 0 Å². The lowest BCUT2D eigenvalue weighted by atomic mass is 10.1. The fourth-order valence-electron chi connectivity index (χ4n) is 5.08. The van der Waals surface area contributed by atoms with Crippen molar-refractivity contribution in [3.05, 3.63) is 121 Å². The zero-order valence-corrected chi connectivity index (χ0v) is 19.6. The minimum Gasteiger partial charge on any atom is -0.309 e. The molecule has 0 saturated heterocycles. The second-order valence-corrected chi connectivity index (χ2v) is 11.4. The first-order chi connectivity index (χ1) is 17.2. The number of aromatic nitrogens is 3. The number of pyridine rings is 2. The number of benzene rings is 4. The van der Waals surface area contributed by atoms with Crippen LogP contribution in [0.3, 0.4) is 0 Å². The summed E-state index contributed by atoms with van der Waals surface area (Å²) in [4.78, 5) is 9.66. The van der Waals surface area contributed by atoms with Gasteiger partial charge in [-0.1, -0.05) is 78.9 Å².